The van der Waals surface area contributed by atoms with E-state index in [4.69, 9.17) is 0 Å². The van der Waals surface area contributed by atoms with Crippen molar-refractivity contribution in [3.8, 4) is 11.3 Å². The molecule has 0 bridgehead atoms. The molecule has 7 heteroatoms. The van der Waals surface area contributed by atoms with E-state index in [1.54, 1.807) is 0 Å². The van der Waals surface area contributed by atoms with Crippen molar-refractivity contribution >= 4 is 0 Å². The maximum Gasteiger partial charge on any atom is 0.133 e. The summed E-state index contributed by atoms with van der Waals surface area (Å²) in [5.74, 6) is 2.20. The summed E-state index contributed by atoms with van der Waals surface area (Å²) in [5, 5.41) is 16.9. The van der Waals surface area contributed by atoms with Crippen molar-refractivity contribution in [1.29, 1.82) is 0 Å². The summed E-state index contributed by atoms with van der Waals surface area (Å²) in [6, 6.07) is 4.44. The van der Waals surface area contributed by atoms with E-state index in [1.165, 1.54) is 5.56 Å². The number of aromatic nitrogens is 6. The Bertz CT molecular complexity index is 836. The number of nitrogens with one attached hydrogen (secondary N) is 1. The van der Waals surface area contributed by atoms with Crippen LogP contribution in [-0.4, -0.2) is 35.6 Å². The number of hydrogen-bond donors (Lipinski definition) is 1. The van der Waals surface area contributed by atoms with Gasteiger partial charge in [-0.3, -0.25) is 9.67 Å². The number of pyridine rings is 1. The van der Waals surface area contributed by atoms with E-state index in [9.17, 15) is 0 Å². The summed E-state index contributed by atoms with van der Waals surface area (Å²) in [6.45, 7) is 3.87. The van der Waals surface area contributed by atoms with E-state index in [-0.39, 0.29) is 0 Å². The Kier molecular flexibility index (Phi) is 4.31. The van der Waals surface area contributed by atoms with Gasteiger partial charge in [-0.2, -0.15) is 5.10 Å². The first-order valence-corrected chi connectivity index (χ1v) is 8.82. The van der Waals surface area contributed by atoms with E-state index in [0.717, 1.165) is 55.3 Å². The monoisotopic (exact) mass is 337 g/mol. The summed E-state index contributed by atoms with van der Waals surface area (Å²) in [5.41, 5.74) is 3.33. The second-order valence-corrected chi connectivity index (χ2v) is 6.53. The number of rotatable bonds is 5. The first-order valence-electron chi connectivity index (χ1n) is 8.82. The molecular formula is C18H23N7. The molecule has 0 radical (unpaired) electrons. The molecule has 1 aliphatic heterocycles. The molecule has 1 aliphatic rings. The van der Waals surface area contributed by atoms with Crippen LogP contribution in [0.3, 0.4) is 0 Å². The van der Waals surface area contributed by atoms with Crippen molar-refractivity contribution < 1.29 is 0 Å². The minimum atomic E-state index is 0.430. The van der Waals surface area contributed by atoms with E-state index in [0.29, 0.717) is 6.04 Å². The molecule has 0 amide bonds. The van der Waals surface area contributed by atoms with Crippen LogP contribution in [0.5, 0.6) is 0 Å². The van der Waals surface area contributed by atoms with Crippen molar-refractivity contribution in [2.45, 2.75) is 45.3 Å². The Hall–Kier alpha value is -2.54. The van der Waals surface area contributed by atoms with Gasteiger partial charge >= 0.3 is 0 Å². The smallest absolute Gasteiger partial charge is 0.133 e. The highest BCUT2D eigenvalue weighted by molar-refractivity contribution is 5.61. The molecule has 7 nitrogen and oxygen atoms in total. The number of hydrogen-bond acceptors (Lipinski definition) is 5. The Morgan fingerprint density at radius 2 is 2.08 bits per heavy atom. The molecule has 1 unspecified atom stereocenters. The second kappa shape index (κ2) is 6.76. The molecule has 0 saturated carbocycles. The van der Waals surface area contributed by atoms with Gasteiger partial charge in [-0.05, 0) is 18.6 Å². The Morgan fingerprint density at radius 3 is 2.88 bits per heavy atom. The van der Waals surface area contributed by atoms with E-state index in [2.05, 4.69) is 43.3 Å². The summed E-state index contributed by atoms with van der Waals surface area (Å²) in [4.78, 5) is 4.09. The highest BCUT2D eigenvalue weighted by Crippen LogP contribution is 2.22. The molecular weight excluding hydrogens is 314 g/mol. The molecule has 0 saturated heterocycles. The average Bonchev–Trinajstić information content (AvgIpc) is 3.23. The van der Waals surface area contributed by atoms with E-state index in [1.807, 2.05) is 36.3 Å². The molecule has 1 atom stereocenters. The number of aryl methyl sites for hydroxylation is 3. The van der Waals surface area contributed by atoms with Crippen molar-refractivity contribution in [1.82, 2.24) is 34.8 Å². The molecule has 1 N–H and O–H groups in total. The Morgan fingerprint density at radius 1 is 1.24 bits per heavy atom. The Labute approximate surface area is 147 Å². The zero-order valence-corrected chi connectivity index (χ0v) is 14.7. The van der Waals surface area contributed by atoms with Crippen molar-refractivity contribution in [2.75, 3.05) is 0 Å². The maximum atomic E-state index is 4.62. The molecule has 0 aliphatic carbocycles. The molecule has 3 aromatic heterocycles. The van der Waals surface area contributed by atoms with Crippen LogP contribution in [0.4, 0.5) is 0 Å². The lowest BCUT2D eigenvalue weighted by Gasteiger charge is -2.25. The summed E-state index contributed by atoms with van der Waals surface area (Å²) >= 11 is 0. The van der Waals surface area contributed by atoms with Gasteiger partial charge < -0.3 is 9.88 Å². The van der Waals surface area contributed by atoms with Crippen molar-refractivity contribution in [3.63, 3.8) is 0 Å². The lowest BCUT2D eigenvalue weighted by Crippen LogP contribution is -2.37. The lowest BCUT2D eigenvalue weighted by atomic mass is 10.1. The van der Waals surface area contributed by atoms with Gasteiger partial charge in [0.25, 0.3) is 0 Å². The molecule has 4 heterocycles. The SMILES string of the molecule is CCc1nnc2n1CC(NCc1cn(C)nc1-c1ccncc1)CC2. The maximum absolute atomic E-state index is 4.62. The van der Waals surface area contributed by atoms with Gasteiger partial charge in [0.2, 0.25) is 0 Å². The summed E-state index contributed by atoms with van der Waals surface area (Å²) in [6.07, 6.45) is 8.70. The highest BCUT2D eigenvalue weighted by atomic mass is 15.3. The zero-order chi connectivity index (χ0) is 17.2. The van der Waals surface area contributed by atoms with Gasteiger partial charge in [0.15, 0.2) is 0 Å². The molecule has 4 rings (SSSR count). The molecule has 0 fully saturated rings. The van der Waals surface area contributed by atoms with Crippen LogP contribution in [0.15, 0.2) is 30.7 Å². The summed E-state index contributed by atoms with van der Waals surface area (Å²) < 4.78 is 4.15. The third-order valence-corrected chi connectivity index (χ3v) is 4.78. The second-order valence-electron chi connectivity index (χ2n) is 6.53. The minimum absolute atomic E-state index is 0.430. The molecule has 25 heavy (non-hydrogen) atoms. The van der Waals surface area contributed by atoms with Crippen LogP contribution in [0.25, 0.3) is 11.3 Å². The Balaban J connectivity index is 1.48. The quantitative estimate of drug-likeness (QED) is 0.768. The van der Waals surface area contributed by atoms with Crippen LogP contribution in [-0.2, 0) is 33.0 Å². The van der Waals surface area contributed by atoms with Gasteiger partial charge in [-0.25, -0.2) is 0 Å². The third kappa shape index (κ3) is 3.19. The van der Waals surface area contributed by atoms with Gasteiger partial charge in [-0.15, -0.1) is 10.2 Å². The van der Waals surface area contributed by atoms with Gasteiger partial charge in [0.05, 0.1) is 5.69 Å². The zero-order valence-electron chi connectivity index (χ0n) is 14.7. The first-order chi connectivity index (χ1) is 12.2. The molecule has 0 spiro atoms. The predicted octanol–water partition coefficient (Wildman–Crippen LogP) is 1.74. The van der Waals surface area contributed by atoms with Gasteiger partial charge in [0, 0.05) is 68.7 Å². The molecule has 130 valence electrons. The average molecular weight is 337 g/mol. The number of fused-ring (bicyclic) bond motifs is 1. The van der Waals surface area contributed by atoms with Crippen LogP contribution in [0.1, 0.15) is 30.6 Å². The van der Waals surface area contributed by atoms with Gasteiger partial charge in [-0.1, -0.05) is 6.92 Å². The lowest BCUT2D eigenvalue weighted by molar-refractivity contribution is 0.373. The summed E-state index contributed by atoms with van der Waals surface area (Å²) in [7, 11) is 1.96. The van der Waals surface area contributed by atoms with Crippen LogP contribution >= 0.6 is 0 Å². The highest BCUT2D eigenvalue weighted by Gasteiger charge is 2.22. The van der Waals surface area contributed by atoms with Crippen molar-refractivity contribution in [3.05, 3.63) is 47.9 Å². The van der Waals surface area contributed by atoms with E-state index >= 15 is 0 Å². The van der Waals surface area contributed by atoms with Crippen LogP contribution in [0.2, 0.25) is 0 Å². The fourth-order valence-electron chi connectivity index (χ4n) is 3.49. The topological polar surface area (TPSA) is 73.5 Å². The minimum Gasteiger partial charge on any atom is -0.313 e. The van der Waals surface area contributed by atoms with Crippen LogP contribution < -0.4 is 5.32 Å². The van der Waals surface area contributed by atoms with Gasteiger partial charge in [0.1, 0.15) is 11.6 Å². The van der Waals surface area contributed by atoms with Crippen molar-refractivity contribution in [2.24, 2.45) is 7.05 Å². The predicted molar refractivity (Wildman–Crippen MR) is 94.8 cm³/mol. The normalized spacial score (nSPS) is 16.8. The first kappa shape index (κ1) is 16.0. The molecule has 0 aromatic carbocycles. The standard InChI is InChI=1S/C18H23N7/c1-3-16-21-22-17-5-4-15(12-25(16)17)20-10-14-11-24(2)23-18(14)13-6-8-19-9-7-13/h6-9,11,15,20H,3-5,10,12H2,1-2H3. The fourth-order valence-corrected chi connectivity index (χ4v) is 3.49. The third-order valence-electron chi connectivity index (χ3n) is 4.78. The fraction of sp³-hybridized carbons (Fsp3) is 0.444. The number of nitrogens with zero attached hydrogens (tertiary/aromatic N) is 6. The largest absolute Gasteiger partial charge is 0.313 e. The molecule has 3 aromatic rings. The van der Waals surface area contributed by atoms with E-state index < -0.39 is 0 Å². The van der Waals surface area contributed by atoms with Crippen LogP contribution in [0, 0.1) is 0 Å².